The Hall–Kier alpha value is 0.360. The van der Waals surface area contributed by atoms with Crippen LogP contribution < -0.4 is 0 Å². The van der Waals surface area contributed by atoms with Crippen LogP contribution in [-0.2, 0) is 0 Å². The van der Waals surface area contributed by atoms with E-state index in [0.29, 0.717) is 0 Å². The Kier molecular flexibility index (Phi) is 33.5. The molecule has 0 aromatic rings. The van der Waals surface area contributed by atoms with Gasteiger partial charge in [-0.25, -0.2) is 0 Å². The van der Waals surface area contributed by atoms with Gasteiger partial charge in [0.25, 0.3) is 0 Å². The Morgan fingerprint density at radius 1 is 0.227 bits per heavy atom. The van der Waals surface area contributed by atoms with Gasteiger partial charge >= 0.3 is 243 Å². The van der Waals surface area contributed by atoms with E-state index >= 15 is 4.20 Å². The van der Waals surface area contributed by atoms with Crippen molar-refractivity contribution in [1.29, 1.82) is 0 Å². The van der Waals surface area contributed by atoms with Crippen molar-refractivity contribution in [3.05, 3.63) is 0 Å². The first-order valence-corrected chi connectivity index (χ1v) is 24.1. The first-order valence-electron chi connectivity index (χ1n) is 21.3. The monoisotopic (exact) mass is 643 g/mol. The van der Waals surface area contributed by atoms with Gasteiger partial charge in [0.15, 0.2) is 0 Å². The molecule has 0 aliphatic heterocycles. The number of hydrogen-bond acceptors (Lipinski definition) is 0. The molecule has 0 heterocycles. The molecule has 0 aromatic heterocycles. The van der Waals surface area contributed by atoms with E-state index < -0.39 is 6.91 Å². The minimum absolute atomic E-state index is 0.973. The number of hydrogen-bond donors (Lipinski definition) is 0. The Morgan fingerprint density at radius 2 is 0.364 bits per heavy atom. The Labute approximate surface area is 281 Å². The summed E-state index contributed by atoms with van der Waals surface area (Å²) in [6.45, 7) is 6.09. The fourth-order valence-electron chi connectivity index (χ4n) is 7.59. The third-order valence-corrected chi connectivity index (χ3v) is 16.5. The molecule has 0 fully saturated rings. The summed E-state index contributed by atoms with van der Waals surface area (Å²) in [5.41, 5.74) is 0. The van der Waals surface area contributed by atoms with Crippen LogP contribution in [0.2, 0.25) is 0 Å². The van der Waals surface area contributed by atoms with Crippen LogP contribution in [0.3, 0.4) is 0 Å². The van der Waals surface area contributed by atoms with Crippen LogP contribution in [0.25, 0.3) is 0 Å². The number of halogens is 1. The van der Waals surface area contributed by atoms with Gasteiger partial charge in [0.2, 0.25) is 0 Å². The zero-order chi connectivity index (χ0) is 32.3. The zero-order valence-corrected chi connectivity index (χ0v) is 32.6. The van der Waals surface area contributed by atoms with E-state index in [1.807, 2.05) is 0 Å². The van der Waals surface area contributed by atoms with E-state index in [9.17, 15) is 0 Å². The molecule has 0 atom stereocenters. The zero-order valence-electron chi connectivity index (χ0n) is 31.7. The van der Waals surface area contributed by atoms with Crippen molar-refractivity contribution in [2.75, 3.05) is 24.6 Å². The van der Waals surface area contributed by atoms with Crippen molar-refractivity contribution < 1.29 is 4.20 Å². The SMILES string of the molecule is CCCCCCCCCCCCCCCCCCP(F)(CCCCCCCC)(CCCCCCCC)CCCCCCCC. The molecule has 44 heavy (non-hydrogen) atoms. The van der Waals surface area contributed by atoms with E-state index in [1.54, 1.807) is 0 Å². The van der Waals surface area contributed by atoms with Crippen LogP contribution >= 0.6 is 6.91 Å². The van der Waals surface area contributed by atoms with Crippen molar-refractivity contribution >= 4 is 6.91 Å². The molecule has 0 unspecified atom stereocenters. The molecular weight excluding hydrogens is 554 g/mol. The van der Waals surface area contributed by atoms with Crippen LogP contribution in [0.15, 0.2) is 0 Å². The fourth-order valence-corrected chi connectivity index (χ4v) is 13.0. The molecular formula is C42H88FP. The summed E-state index contributed by atoms with van der Waals surface area (Å²) in [5, 5.41) is 0. The molecule has 0 saturated carbocycles. The molecule has 0 aliphatic rings. The topological polar surface area (TPSA) is 0 Å². The second-order valence-electron chi connectivity index (χ2n) is 15.3. The Morgan fingerprint density at radius 3 is 0.523 bits per heavy atom. The summed E-state index contributed by atoms with van der Waals surface area (Å²) in [5.74, 6) is 0. The van der Waals surface area contributed by atoms with Crippen LogP contribution in [0.4, 0.5) is 4.20 Å². The normalized spacial score (nSPS) is 13.0. The average Bonchev–Trinajstić information content (AvgIpc) is 3.02. The molecule has 2 heteroatoms. The fraction of sp³-hybridized carbons (Fsp3) is 1.00. The van der Waals surface area contributed by atoms with E-state index in [2.05, 4.69) is 27.7 Å². The molecule has 0 bridgehead atoms. The van der Waals surface area contributed by atoms with Gasteiger partial charge in [-0.1, -0.05) is 39.0 Å². The quantitative estimate of drug-likeness (QED) is 0.0464. The van der Waals surface area contributed by atoms with Crippen molar-refractivity contribution in [2.24, 2.45) is 0 Å². The molecule has 0 amide bonds. The summed E-state index contributed by atoms with van der Waals surface area (Å²) in [7, 11) is 0. The second-order valence-corrected chi connectivity index (χ2v) is 20.7. The third-order valence-electron chi connectivity index (χ3n) is 10.8. The first-order chi connectivity index (χ1) is 21.5. The third kappa shape index (κ3) is 28.6. The van der Waals surface area contributed by atoms with Gasteiger partial charge in [-0.05, 0) is 0 Å². The van der Waals surface area contributed by atoms with E-state index in [-0.39, 0.29) is 0 Å². The van der Waals surface area contributed by atoms with E-state index in [4.69, 9.17) is 0 Å². The summed E-state index contributed by atoms with van der Waals surface area (Å²) >= 11 is 0. The van der Waals surface area contributed by atoms with Gasteiger partial charge < -0.3 is 0 Å². The van der Waals surface area contributed by atoms with Gasteiger partial charge in [-0.3, -0.25) is 0 Å². The molecule has 0 rings (SSSR count). The van der Waals surface area contributed by atoms with Crippen molar-refractivity contribution in [3.8, 4) is 0 Å². The standard InChI is InChI=1S/C42H88FP/c1-5-9-13-17-21-22-23-24-25-26-27-28-29-30-34-38-42-44(43,39-35-31-18-14-10-6-2,40-36-32-19-15-11-7-3)41-37-33-20-16-12-8-4/h5-42H2,1-4H3. The predicted octanol–water partition coefficient (Wildman–Crippen LogP) is 16.8. The Balaban J connectivity index is 4.63. The molecule has 0 saturated heterocycles. The van der Waals surface area contributed by atoms with Crippen molar-refractivity contribution in [3.63, 3.8) is 0 Å². The maximum absolute atomic E-state index is 17.9. The van der Waals surface area contributed by atoms with Crippen LogP contribution in [0, 0.1) is 0 Å². The molecule has 0 N–H and O–H groups in total. The average molecular weight is 643 g/mol. The summed E-state index contributed by atoms with van der Waals surface area (Å²) in [6.07, 6.45) is 49.6. The van der Waals surface area contributed by atoms with Gasteiger partial charge in [0.05, 0.1) is 0 Å². The van der Waals surface area contributed by atoms with Gasteiger partial charge in [0.1, 0.15) is 0 Å². The first kappa shape index (κ1) is 44.4. The molecule has 0 nitrogen and oxygen atoms in total. The van der Waals surface area contributed by atoms with Crippen LogP contribution in [0.5, 0.6) is 0 Å². The maximum atomic E-state index is 17.9. The number of rotatable bonds is 38. The van der Waals surface area contributed by atoms with E-state index in [1.165, 1.54) is 218 Å². The summed E-state index contributed by atoms with van der Waals surface area (Å²) in [4.78, 5) is 0. The number of unbranched alkanes of at least 4 members (excludes halogenated alkanes) is 30. The van der Waals surface area contributed by atoms with Crippen LogP contribution in [-0.4, -0.2) is 24.6 Å². The summed E-state index contributed by atoms with van der Waals surface area (Å²) < 4.78 is 17.9. The summed E-state index contributed by atoms with van der Waals surface area (Å²) in [6, 6.07) is 0. The minimum atomic E-state index is -3.11. The molecule has 268 valence electrons. The van der Waals surface area contributed by atoms with Crippen molar-refractivity contribution in [2.45, 2.75) is 246 Å². The molecule has 0 aromatic carbocycles. The van der Waals surface area contributed by atoms with E-state index in [0.717, 1.165) is 24.6 Å². The van der Waals surface area contributed by atoms with Gasteiger partial charge in [-0.15, -0.1) is 0 Å². The molecule has 0 aliphatic carbocycles. The second kappa shape index (κ2) is 33.3. The Bertz CT molecular complexity index is 502. The van der Waals surface area contributed by atoms with Gasteiger partial charge in [0, 0.05) is 0 Å². The molecule has 0 spiro atoms. The van der Waals surface area contributed by atoms with Crippen LogP contribution in [0.1, 0.15) is 246 Å². The predicted molar refractivity (Wildman–Crippen MR) is 207 cm³/mol. The van der Waals surface area contributed by atoms with Gasteiger partial charge in [-0.2, -0.15) is 0 Å². The van der Waals surface area contributed by atoms with Crippen molar-refractivity contribution in [1.82, 2.24) is 0 Å². The molecule has 0 radical (unpaired) electrons.